The van der Waals surface area contributed by atoms with Gasteiger partial charge in [0.25, 0.3) is 0 Å². The van der Waals surface area contributed by atoms with Gasteiger partial charge in [0, 0.05) is 20.1 Å². The van der Waals surface area contributed by atoms with Gasteiger partial charge in [-0.05, 0) is 25.7 Å². The van der Waals surface area contributed by atoms with Crippen molar-refractivity contribution < 1.29 is 14.2 Å². The van der Waals surface area contributed by atoms with E-state index in [9.17, 15) is 0 Å². The third-order valence-electron chi connectivity index (χ3n) is 5.41. The summed E-state index contributed by atoms with van der Waals surface area (Å²) >= 11 is 0. The van der Waals surface area contributed by atoms with E-state index in [0.717, 1.165) is 13.0 Å². The molecule has 3 nitrogen and oxygen atoms in total. The van der Waals surface area contributed by atoms with Crippen LogP contribution in [0, 0.1) is 11.8 Å². The van der Waals surface area contributed by atoms with Crippen molar-refractivity contribution in [2.45, 2.75) is 90.4 Å². The quantitative estimate of drug-likeness (QED) is 0.251. The van der Waals surface area contributed by atoms with Crippen molar-refractivity contribution in [3.63, 3.8) is 0 Å². The summed E-state index contributed by atoms with van der Waals surface area (Å²) in [6.45, 7) is 7.60. The Kier molecular flexibility index (Phi) is 9.62. The molecule has 0 aliphatic carbocycles. The van der Waals surface area contributed by atoms with Gasteiger partial charge in [-0.1, -0.05) is 58.8 Å². The first-order valence-electron chi connectivity index (χ1n) is 9.33. The number of ether oxygens (including phenoxy) is 3. The van der Waals surface area contributed by atoms with Gasteiger partial charge in [-0.25, -0.2) is 0 Å². The van der Waals surface area contributed by atoms with Gasteiger partial charge in [-0.2, -0.15) is 0 Å². The fourth-order valence-corrected chi connectivity index (χ4v) is 3.61. The molecule has 0 aromatic carbocycles. The van der Waals surface area contributed by atoms with Crippen LogP contribution in [0.4, 0.5) is 0 Å². The summed E-state index contributed by atoms with van der Waals surface area (Å²) < 4.78 is 17.0. The molecular formula is C19H38O3. The molecule has 3 unspecified atom stereocenters. The topological polar surface area (TPSA) is 31.0 Å². The molecule has 1 aliphatic rings. The zero-order valence-corrected chi connectivity index (χ0v) is 15.5. The van der Waals surface area contributed by atoms with Crippen LogP contribution in [0.15, 0.2) is 0 Å². The minimum Gasteiger partial charge on any atom is -0.373 e. The Labute approximate surface area is 138 Å². The molecule has 0 aromatic rings. The van der Waals surface area contributed by atoms with Crippen molar-refractivity contribution in [2.24, 2.45) is 11.8 Å². The molecule has 1 fully saturated rings. The highest BCUT2D eigenvalue weighted by Crippen LogP contribution is 2.39. The monoisotopic (exact) mass is 314 g/mol. The highest BCUT2D eigenvalue weighted by atomic mass is 16.7. The average molecular weight is 315 g/mol. The molecule has 0 amide bonds. The molecule has 3 atom stereocenters. The summed E-state index contributed by atoms with van der Waals surface area (Å²) in [4.78, 5) is 0. The van der Waals surface area contributed by atoms with E-state index in [1.54, 1.807) is 14.2 Å². The van der Waals surface area contributed by atoms with Crippen LogP contribution in [0.5, 0.6) is 0 Å². The Balaban J connectivity index is 2.52. The van der Waals surface area contributed by atoms with E-state index in [1.807, 2.05) is 0 Å². The zero-order valence-electron chi connectivity index (χ0n) is 15.5. The largest absolute Gasteiger partial charge is 0.373 e. The van der Waals surface area contributed by atoms with Crippen molar-refractivity contribution in [3.8, 4) is 0 Å². The van der Waals surface area contributed by atoms with Crippen LogP contribution in [0.25, 0.3) is 0 Å². The summed E-state index contributed by atoms with van der Waals surface area (Å²) in [6, 6.07) is 0. The molecule has 1 saturated heterocycles. The molecule has 0 N–H and O–H groups in total. The van der Waals surface area contributed by atoms with E-state index in [-0.39, 0.29) is 0 Å². The second kappa shape index (κ2) is 10.6. The maximum absolute atomic E-state index is 5.77. The zero-order chi connectivity index (χ0) is 16.4. The van der Waals surface area contributed by atoms with Gasteiger partial charge in [0.15, 0.2) is 5.79 Å². The number of epoxide rings is 1. The smallest absolute Gasteiger partial charge is 0.167 e. The van der Waals surface area contributed by atoms with Crippen LogP contribution in [0.3, 0.4) is 0 Å². The van der Waals surface area contributed by atoms with Gasteiger partial charge in [0.05, 0.1) is 12.7 Å². The Morgan fingerprint density at radius 3 is 2.14 bits per heavy atom. The first kappa shape index (κ1) is 19.9. The minimum atomic E-state index is -0.473. The second-order valence-corrected chi connectivity index (χ2v) is 6.95. The SMILES string of the molecule is CCCCCCCCC(C(CC)CC1CO1)C(C)(OC)OC. The van der Waals surface area contributed by atoms with Gasteiger partial charge in [0.2, 0.25) is 0 Å². The van der Waals surface area contributed by atoms with Crippen molar-refractivity contribution in [3.05, 3.63) is 0 Å². The third-order valence-corrected chi connectivity index (χ3v) is 5.41. The first-order valence-corrected chi connectivity index (χ1v) is 9.33. The lowest BCUT2D eigenvalue weighted by atomic mass is 9.77. The Morgan fingerprint density at radius 2 is 1.64 bits per heavy atom. The molecule has 3 heteroatoms. The predicted octanol–water partition coefficient (Wildman–Crippen LogP) is 5.18. The summed E-state index contributed by atoms with van der Waals surface area (Å²) in [5.74, 6) is 0.592. The van der Waals surface area contributed by atoms with Crippen molar-refractivity contribution in [1.82, 2.24) is 0 Å². The molecule has 1 rings (SSSR count). The van der Waals surface area contributed by atoms with Gasteiger partial charge in [-0.15, -0.1) is 0 Å². The predicted molar refractivity (Wildman–Crippen MR) is 92.0 cm³/mol. The lowest BCUT2D eigenvalue weighted by Crippen LogP contribution is -2.43. The first-order chi connectivity index (χ1) is 10.6. The molecule has 0 aromatic heterocycles. The third kappa shape index (κ3) is 6.55. The van der Waals surface area contributed by atoms with Crippen molar-refractivity contribution >= 4 is 0 Å². The van der Waals surface area contributed by atoms with Crippen LogP contribution >= 0.6 is 0 Å². The standard InChI is InChI=1S/C19H38O3/c1-6-8-9-10-11-12-13-18(19(3,20-4)21-5)16(7-2)14-17-15-22-17/h16-18H,6-15H2,1-5H3. The van der Waals surface area contributed by atoms with Crippen molar-refractivity contribution in [2.75, 3.05) is 20.8 Å². The lowest BCUT2D eigenvalue weighted by molar-refractivity contribution is -0.240. The lowest BCUT2D eigenvalue weighted by Gasteiger charge is -2.40. The summed E-state index contributed by atoms with van der Waals surface area (Å²) in [5, 5.41) is 0. The van der Waals surface area contributed by atoms with Gasteiger partial charge < -0.3 is 14.2 Å². The molecule has 0 saturated carbocycles. The van der Waals surface area contributed by atoms with Crippen molar-refractivity contribution in [1.29, 1.82) is 0 Å². The van der Waals surface area contributed by atoms with E-state index >= 15 is 0 Å². The summed E-state index contributed by atoms with van der Waals surface area (Å²) in [7, 11) is 3.55. The van der Waals surface area contributed by atoms with E-state index < -0.39 is 5.79 Å². The van der Waals surface area contributed by atoms with Gasteiger partial charge in [0.1, 0.15) is 0 Å². The van der Waals surface area contributed by atoms with E-state index in [2.05, 4.69) is 20.8 Å². The normalized spacial score (nSPS) is 20.9. The van der Waals surface area contributed by atoms with Crippen LogP contribution in [-0.4, -0.2) is 32.7 Å². The molecular weight excluding hydrogens is 276 g/mol. The highest BCUT2D eigenvalue weighted by Gasteiger charge is 2.41. The van der Waals surface area contributed by atoms with E-state index in [1.165, 1.54) is 51.4 Å². The molecule has 0 spiro atoms. The molecule has 22 heavy (non-hydrogen) atoms. The summed E-state index contributed by atoms with van der Waals surface area (Å²) in [5.41, 5.74) is 0. The number of hydrogen-bond donors (Lipinski definition) is 0. The van der Waals surface area contributed by atoms with E-state index in [0.29, 0.717) is 17.9 Å². The molecule has 0 radical (unpaired) electrons. The maximum atomic E-state index is 5.77. The van der Waals surface area contributed by atoms with Crippen LogP contribution in [-0.2, 0) is 14.2 Å². The molecule has 1 aliphatic heterocycles. The summed E-state index contributed by atoms with van der Waals surface area (Å²) in [6.07, 6.45) is 12.0. The fraction of sp³-hybridized carbons (Fsp3) is 1.00. The second-order valence-electron chi connectivity index (χ2n) is 6.95. The number of unbranched alkanes of at least 4 members (excludes halogenated alkanes) is 5. The number of hydrogen-bond acceptors (Lipinski definition) is 3. The fourth-order valence-electron chi connectivity index (χ4n) is 3.61. The Morgan fingerprint density at radius 1 is 1.05 bits per heavy atom. The maximum Gasteiger partial charge on any atom is 0.167 e. The highest BCUT2D eigenvalue weighted by molar-refractivity contribution is 4.85. The van der Waals surface area contributed by atoms with Gasteiger partial charge in [-0.3, -0.25) is 0 Å². The van der Waals surface area contributed by atoms with Gasteiger partial charge >= 0.3 is 0 Å². The average Bonchev–Trinajstić information content (AvgIpc) is 3.36. The number of rotatable bonds is 14. The van der Waals surface area contributed by atoms with Crippen LogP contribution < -0.4 is 0 Å². The Hall–Kier alpha value is -0.120. The molecule has 1 heterocycles. The van der Waals surface area contributed by atoms with Crippen LogP contribution in [0.1, 0.15) is 78.6 Å². The van der Waals surface area contributed by atoms with E-state index in [4.69, 9.17) is 14.2 Å². The minimum absolute atomic E-state index is 0.447. The Bertz CT molecular complexity index is 272. The van der Waals surface area contributed by atoms with Crippen LogP contribution in [0.2, 0.25) is 0 Å². The molecule has 0 bridgehead atoms. The number of methoxy groups -OCH3 is 2. The molecule has 132 valence electrons.